The summed E-state index contributed by atoms with van der Waals surface area (Å²) in [6.07, 6.45) is 6.94. The van der Waals surface area contributed by atoms with Gasteiger partial charge >= 0.3 is 0 Å². The van der Waals surface area contributed by atoms with Crippen LogP contribution < -0.4 is 4.74 Å². The lowest BCUT2D eigenvalue weighted by atomic mass is 10.1. The molecular formula is C19H21N3O. The van der Waals surface area contributed by atoms with Gasteiger partial charge in [0, 0.05) is 12.7 Å². The highest BCUT2D eigenvalue weighted by molar-refractivity contribution is 5.27. The molecule has 0 saturated carbocycles. The van der Waals surface area contributed by atoms with Gasteiger partial charge in [-0.25, -0.2) is 0 Å². The largest absolute Gasteiger partial charge is 0.489 e. The molecule has 0 unspecified atom stereocenters. The van der Waals surface area contributed by atoms with Crippen LogP contribution in [0.5, 0.6) is 5.75 Å². The second-order valence-corrected chi connectivity index (χ2v) is 5.54. The van der Waals surface area contributed by atoms with E-state index in [0.29, 0.717) is 6.61 Å². The topological polar surface area (TPSA) is 39.9 Å². The molecule has 0 aliphatic rings. The van der Waals surface area contributed by atoms with Gasteiger partial charge < -0.3 is 4.74 Å². The Morgan fingerprint density at radius 3 is 2.43 bits per heavy atom. The second-order valence-electron chi connectivity index (χ2n) is 5.54. The monoisotopic (exact) mass is 307 g/mol. The Morgan fingerprint density at radius 2 is 1.70 bits per heavy atom. The van der Waals surface area contributed by atoms with Crippen LogP contribution in [0.15, 0.2) is 67.0 Å². The first kappa shape index (κ1) is 15.3. The SMILES string of the molecule is c1ccc(COc2ccc(CCCCn3ccnn3)cc2)cc1. The van der Waals surface area contributed by atoms with E-state index in [-0.39, 0.29) is 0 Å². The zero-order valence-corrected chi connectivity index (χ0v) is 13.1. The molecule has 1 heterocycles. The van der Waals surface area contributed by atoms with Crippen LogP contribution in [0.25, 0.3) is 0 Å². The summed E-state index contributed by atoms with van der Waals surface area (Å²) in [6.45, 7) is 1.54. The van der Waals surface area contributed by atoms with Crippen LogP contribution in [-0.4, -0.2) is 15.0 Å². The van der Waals surface area contributed by atoms with E-state index < -0.39 is 0 Å². The number of aromatic nitrogens is 3. The van der Waals surface area contributed by atoms with Crippen molar-refractivity contribution in [3.63, 3.8) is 0 Å². The average molecular weight is 307 g/mol. The summed E-state index contributed by atoms with van der Waals surface area (Å²) < 4.78 is 7.68. The molecule has 0 amide bonds. The van der Waals surface area contributed by atoms with Crippen molar-refractivity contribution in [1.82, 2.24) is 15.0 Å². The van der Waals surface area contributed by atoms with E-state index in [1.54, 1.807) is 6.20 Å². The first-order valence-electron chi connectivity index (χ1n) is 8.00. The summed E-state index contributed by atoms with van der Waals surface area (Å²) in [4.78, 5) is 0. The average Bonchev–Trinajstić information content (AvgIpc) is 3.12. The molecule has 4 nitrogen and oxygen atoms in total. The predicted octanol–water partition coefficient (Wildman–Crippen LogP) is 3.88. The lowest BCUT2D eigenvalue weighted by molar-refractivity contribution is 0.306. The lowest BCUT2D eigenvalue weighted by Crippen LogP contribution is -1.99. The van der Waals surface area contributed by atoms with Crippen molar-refractivity contribution in [2.24, 2.45) is 0 Å². The van der Waals surface area contributed by atoms with Crippen LogP contribution in [0.3, 0.4) is 0 Å². The van der Waals surface area contributed by atoms with Gasteiger partial charge in [-0.05, 0) is 42.5 Å². The van der Waals surface area contributed by atoms with E-state index in [2.05, 4.69) is 46.7 Å². The minimum Gasteiger partial charge on any atom is -0.489 e. The summed E-state index contributed by atoms with van der Waals surface area (Å²) in [5, 5.41) is 7.78. The molecule has 0 bridgehead atoms. The zero-order chi connectivity index (χ0) is 15.7. The minimum atomic E-state index is 0.609. The van der Waals surface area contributed by atoms with Gasteiger partial charge in [-0.2, -0.15) is 0 Å². The number of rotatable bonds is 8. The molecule has 0 aliphatic carbocycles. The van der Waals surface area contributed by atoms with Crippen molar-refractivity contribution < 1.29 is 4.74 Å². The number of nitrogens with zero attached hydrogens (tertiary/aromatic N) is 3. The molecule has 0 radical (unpaired) electrons. The maximum Gasteiger partial charge on any atom is 0.119 e. The molecule has 3 rings (SSSR count). The fraction of sp³-hybridized carbons (Fsp3) is 0.263. The van der Waals surface area contributed by atoms with Crippen molar-refractivity contribution in [1.29, 1.82) is 0 Å². The maximum atomic E-state index is 5.80. The highest BCUT2D eigenvalue weighted by atomic mass is 16.5. The number of benzene rings is 2. The summed E-state index contributed by atoms with van der Waals surface area (Å²) in [5.41, 5.74) is 2.53. The van der Waals surface area contributed by atoms with Gasteiger partial charge in [-0.15, -0.1) is 5.10 Å². The molecule has 118 valence electrons. The van der Waals surface area contributed by atoms with Crippen LogP contribution >= 0.6 is 0 Å². The van der Waals surface area contributed by atoms with Crippen LogP contribution in [0.1, 0.15) is 24.0 Å². The Hall–Kier alpha value is -2.62. The Labute approximate surface area is 136 Å². The predicted molar refractivity (Wildman–Crippen MR) is 90.2 cm³/mol. The van der Waals surface area contributed by atoms with Gasteiger partial charge in [-0.3, -0.25) is 4.68 Å². The fourth-order valence-corrected chi connectivity index (χ4v) is 2.45. The molecule has 0 spiro atoms. The molecule has 0 atom stereocenters. The number of hydrogen-bond acceptors (Lipinski definition) is 3. The third kappa shape index (κ3) is 4.95. The van der Waals surface area contributed by atoms with Crippen LogP contribution in [0.4, 0.5) is 0 Å². The molecule has 4 heteroatoms. The van der Waals surface area contributed by atoms with E-state index in [1.807, 2.05) is 29.1 Å². The highest BCUT2D eigenvalue weighted by Gasteiger charge is 1.98. The normalized spacial score (nSPS) is 10.6. The van der Waals surface area contributed by atoms with Crippen molar-refractivity contribution in [3.05, 3.63) is 78.1 Å². The number of aryl methyl sites for hydroxylation is 2. The fourth-order valence-electron chi connectivity index (χ4n) is 2.45. The Balaban J connectivity index is 1.40. The van der Waals surface area contributed by atoms with Gasteiger partial charge in [0.2, 0.25) is 0 Å². The van der Waals surface area contributed by atoms with Gasteiger partial charge in [0.15, 0.2) is 0 Å². The Kier molecular flexibility index (Phi) is 5.40. The Bertz CT molecular complexity index is 678. The zero-order valence-electron chi connectivity index (χ0n) is 13.1. The Morgan fingerprint density at radius 1 is 0.870 bits per heavy atom. The van der Waals surface area contributed by atoms with Crippen molar-refractivity contribution >= 4 is 0 Å². The molecule has 0 saturated heterocycles. The third-order valence-corrected chi connectivity index (χ3v) is 3.75. The van der Waals surface area contributed by atoms with Crippen LogP contribution in [-0.2, 0) is 19.6 Å². The highest BCUT2D eigenvalue weighted by Crippen LogP contribution is 2.15. The molecule has 0 fully saturated rings. The second kappa shape index (κ2) is 8.13. The van der Waals surface area contributed by atoms with Crippen LogP contribution in [0, 0.1) is 0 Å². The molecular weight excluding hydrogens is 286 g/mol. The van der Waals surface area contributed by atoms with Crippen molar-refractivity contribution in [2.75, 3.05) is 0 Å². The molecule has 0 N–H and O–H groups in total. The van der Waals surface area contributed by atoms with E-state index in [4.69, 9.17) is 4.74 Å². The van der Waals surface area contributed by atoms with Gasteiger partial charge in [0.1, 0.15) is 12.4 Å². The standard InChI is InChI=1S/C19H21N3O/c1-2-7-18(8-3-1)16-23-19-11-9-17(10-12-19)6-4-5-14-22-15-13-20-21-22/h1-3,7-13,15H,4-6,14,16H2. The van der Waals surface area contributed by atoms with E-state index in [1.165, 1.54) is 11.1 Å². The van der Waals surface area contributed by atoms with Gasteiger partial charge in [0.05, 0.1) is 6.20 Å². The van der Waals surface area contributed by atoms with E-state index in [0.717, 1.165) is 31.6 Å². The van der Waals surface area contributed by atoms with E-state index >= 15 is 0 Å². The third-order valence-electron chi connectivity index (χ3n) is 3.75. The quantitative estimate of drug-likeness (QED) is 0.593. The molecule has 3 aromatic rings. The summed E-state index contributed by atoms with van der Waals surface area (Å²) in [7, 11) is 0. The summed E-state index contributed by atoms with van der Waals surface area (Å²) in [6, 6.07) is 18.6. The van der Waals surface area contributed by atoms with Crippen molar-refractivity contribution in [2.45, 2.75) is 32.4 Å². The summed E-state index contributed by atoms with van der Waals surface area (Å²) >= 11 is 0. The number of ether oxygens (including phenoxy) is 1. The molecule has 0 aliphatic heterocycles. The molecule has 23 heavy (non-hydrogen) atoms. The number of unbranched alkanes of at least 4 members (excludes halogenated alkanes) is 1. The lowest BCUT2D eigenvalue weighted by Gasteiger charge is -2.07. The summed E-state index contributed by atoms with van der Waals surface area (Å²) in [5.74, 6) is 0.917. The first-order valence-corrected chi connectivity index (χ1v) is 8.00. The van der Waals surface area contributed by atoms with Gasteiger partial charge in [0.25, 0.3) is 0 Å². The smallest absolute Gasteiger partial charge is 0.119 e. The molecule has 2 aromatic carbocycles. The van der Waals surface area contributed by atoms with Crippen molar-refractivity contribution in [3.8, 4) is 5.75 Å². The van der Waals surface area contributed by atoms with E-state index in [9.17, 15) is 0 Å². The van der Waals surface area contributed by atoms with Gasteiger partial charge in [-0.1, -0.05) is 47.7 Å². The molecule has 1 aromatic heterocycles. The first-order chi connectivity index (χ1) is 11.4. The number of hydrogen-bond donors (Lipinski definition) is 0. The van der Waals surface area contributed by atoms with Crippen LogP contribution in [0.2, 0.25) is 0 Å². The maximum absolute atomic E-state index is 5.80. The minimum absolute atomic E-state index is 0.609.